The second-order valence-corrected chi connectivity index (χ2v) is 2.22. The molecule has 12 heavy (non-hydrogen) atoms. The molecule has 0 saturated carbocycles. The summed E-state index contributed by atoms with van der Waals surface area (Å²) in [5.41, 5.74) is 3.67. The Balaban J connectivity index is 3.10. The summed E-state index contributed by atoms with van der Waals surface area (Å²) in [6.45, 7) is 0. The van der Waals surface area contributed by atoms with Crippen LogP contribution in [-0.2, 0) is 0 Å². The molecule has 0 amide bonds. The zero-order valence-corrected chi connectivity index (χ0v) is 6.70. The first kappa shape index (κ1) is 8.55. The van der Waals surface area contributed by atoms with Gasteiger partial charge in [-0.2, -0.15) is 0 Å². The van der Waals surface area contributed by atoms with Crippen molar-refractivity contribution >= 4 is 12.0 Å². The number of carbonyl (C=O) groups excluding carboxylic acids is 1. The molecule has 0 fully saturated rings. The fourth-order valence-corrected chi connectivity index (χ4v) is 0.898. The molecule has 0 aliphatic rings. The third kappa shape index (κ3) is 1.54. The summed E-state index contributed by atoms with van der Waals surface area (Å²) in [5, 5.41) is 0. The van der Waals surface area contributed by atoms with E-state index in [0.29, 0.717) is 17.0 Å². The molecule has 0 spiro atoms. The fraction of sp³-hybridized carbons (Fsp3) is 0.125. The Bertz CT molecular complexity index is 286. The summed E-state index contributed by atoms with van der Waals surface area (Å²) >= 11 is 0. The number of nitrogens with one attached hydrogen (secondary N) is 1. The summed E-state index contributed by atoms with van der Waals surface area (Å²) in [4.78, 5) is 10.5. The van der Waals surface area contributed by atoms with Crippen LogP contribution in [0.15, 0.2) is 18.2 Å². The van der Waals surface area contributed by atoms with Crippen molar-refractivity contribution in [2.45, 2.75) is 0 Å². The molecule has 0 radical (unpaired) electrons. The Hall–Kier alpha value is -1.55. The minimum atomic E-state index is 0.511. The van der Waals surface area contributed by atoms with Gasteiger partial charge in [0.15, 0.2) is 6.29 Å². The van der Waals surface area contributed by atoms with Crippen LogP contribution in [0.5, 0.6) is 5.75 Å². The van der Waals surface area contributed by atoms with Crippen LogP contribution in [0.3, 0.4) is 0 Å². The molecule has 0 unspecified atom stereocenters. The first-order chi connectivity index (χ1) is 5.81. The van der Waals surface area contributed by atoms with E-state index in [2.05, 4.69) is 5.43 Å². The standard InChI is InChI=1S/C8H10N2O2/c1-12-8-4-7(10-9)3-2-6(8)5-11/h2-5,10H,9H2,1H3. The minimum absolute atomic E-state index is 0.511. The van der Waals surface area contributed by atoms with Gasteiger partial charge in [-0.05, 0) is 12.1 Å². The second kappa shape index (κ2) is 3.73. The van der Waals surface area contributed by atoms with Crippen LogP contribution in [0.2, 0.25) is 0 Å². The third-order valence-electron chi connectivity index (χ3n) is 1.53. The molecule has 3 N–H and O–H groups in total. The molecule has 0 aliphatic heterocycles. The van der Waals surface area contributed by atoms with Gasteiger partial charge in [-0.1, -0.05) is 0 Å². The monoisotopic (exact) mass is 166 g/mol. The molecule has 1 aromatic carbocycles. The van der Waals surface area contributed by atoms with E-state index in [9.17, 15) is 4.79 Å². The van der Waals surface area contributed by atoms with E-state index in [-0.39, 0.29) is 0 Å². The second-order valence-electron chi connectivity index (χ2n) is 2.22. The Morgan fingerprint density at radius 3 is 2.83 bits per heavy atom. The number of hydrogen-bond donors (Lipinski definition) is 2. The van der Waals surface area contributed by atoms with Gasteiger partial charge in [-0.25, -0.2) is 0 Å². The normalized spacial score (nSPS) is 9.17. The average Bonchev–Trinajstić information content (AvgIpc) is 2.16. The van der Waals surface area contributed by atoms with E-state index in [1.165, 1.54) is 7.11 Å². The van der Waals surface area contributed by atoms with Crippen LogP contribution in [0.25, 0.3) is 0 Å². The van der Waals surface area contributed by atoms with E-state index in [4.69, 9.17) is 10.6 Å². The molecule has 4 heteroatoms. The van der Waals surface area contributed by atoms with Gasteiger partial charge in [0.2, 0.25) is 0 Å². The smallest absolute Gasteiger partial charge is 0.153 e. The van der Waals surface area contributed by atoms with Gasteiger partial charge >= 0.3 is 0 Å². The number of nitrogens with two attached hydrogens (primary N) is 1. The molecule has 0 aromatic heterocycles. The largest absolute Gasteiger partial charge is 0.496 e. The van der Waals surface area contributed by atoms with Crippen LogP contribution in [0.1, 0.15) is 10.4 Å². The number of benzene rings is 1. The van der Waals surface area contributed by atoms with Crippen LogP contribution < -0.4 is 16.0 Å². The first-order valence-electron chi connectivity index (χ1n) is 3.41. The number of hydrazine groups is 1. The molecule has 0 heterocycles. The Labute approximate surface area is 70.3 Å². The van der Waals surface area contributed by atoms with E-state index in [1.54, 1.807) is 18.2 Å². The van der Waals surface area contributed by atoms with Crippen molar-refractivity contribution in [3.63, 3.8) is 0 Å². The average molecular weight is 166 g/mol. The van der Waals surface area contributed by atoms with Crippen molar-refractivity contribution in [2.24, 2.45) is 5.84 Å². The minimum Gasteiger partial charge on any atom is -0.496 e. The molecule has 0 atom stereocenters. The summed E-state index contributed by atoms with van der Waals surface area (Å²) in [7, 11) is 1.50. The number of rotatable bonds is 3. The lowest BCUT2D eigenvalue weighted by Crippen LogP contribution is -2.06. The van der Waals surface area contributed by atoms with Gasteiger partial charge in [0, 0.05) is 6.07 Å². The van der Waals surface area contributed by atoms with Crippen LogP contribution in [0.4, 0.5) is 5.69 Å². The van der Waals surface area contributed by atoms with E-state index in [0.717, 1.165) is 6.29 Å². The maximum atomic E-state index is 10.5. The van der Waals surface area contributed by atoms with Crippen LogP contribution >= 0.6 is 0 Å². The molecule has 1 rings (SSSR count). The number of methoxy groups -OCH3 is 1. The quantitative estimate of drug-likeness (QED) is 0.396. The predicted octanol–water partition coefficient (Wildman–Crippen LogP) is 0.793. The van der Waals surface area contributed by atoms with E-state index < -0.39 is 0 Å². The lowest BCUT2D eigenvalue weighted by Gasteiger charge is -2.05. The van der Waals surface area contributed by atoms with Crippen molar-refractivity contribution in [1.82, 2.24) is 0 Å². The molecular formula is C8H10N2O2. The van der Waals surface area contributed by atoms with E-state index >= 15 is 0 Å². The number of hydrogen-bond acceptors (Lipinski definition) is 4. The maximum absolute atomic E-state index is 10.5. The fourth-order valence-electron chi connectivity index (χ4n) is 0.898. The zero-order valence-electron chi connectivity index (χ0n) is 6.70. The lowest BCUT2D eigenvalue weighted by atomic mass is 10.2. The molecule has 0 aliphatic carbocycles. The summed E-state index contributed by atoms with van der Waals surface area (Å²) in [6, 6.07) is 5.00. The van der Waals surface area contributed by atoms with Crippen molar-refractivity contribution in [3.8, 4) is 5.75 Å². The van der Waals surface area contributed by atoms with Gasteiger partial charge in [0.25, 0.3) is 0 Å². The number of ether oxygens (including phenoxy) is 1. The Morgan fingerprint density at radius 2 is 2.33 bits per heavy atom. The number of nitrogen functional groups attached to an aromatic ring is 1. The van der Waals surface area contributed by atoms with Crippen molar-refractivity contribution in [1.29, 1.82) is 0 Å². The highest BCUT2D eigenvalue weighted by Gasteiger charge is 2.01. The van der Waals surface area contributed by atoms with E-state index in [1.807, 2.05) is 0 Å². The van der Waals surface area contributed by atoms with Gasteiger partial charge in [-0.15, -0.1) is 0 Å². The highest BCUT2D eigenvalue weighted by Crippen LogP contribution is 2.20. The molecule has 1 aromatic rings. The van der Waals surface area contributed by atoms with Gasteiger partial charge in [0.1, 0.15) is 5.75 Å². The third-order valence-corrected chi connectivity index (χ3v) is 1.53. The summed E-state index contributed by atoms with van der Waals surface area (Å²) in [6.07, 6.45) is 0.735. The molecule has 0 saturated heterocycles. The highest BCUT2D eigenvalue weighted by molar-refractivity contribution is 5.80. The molecule has 64 valence electrons. The van der Waals surface area contributed by atoms with Gasteiger partial charge < -0.3 is 10.2 Å². The SMILES string of the molecule is COc1cc(NN)ccc1C=O. The first-order valence-corrected chi connectivity index (χ1v) is 3.41. The topological polar surface area (TPSA) is 64.3 Å². The maximum Gasteiger partial charge on any atom is 0.153 e. The summed E-state index contributed by atoms with van der Waals surface area (Å²) in [5.74, 6) is 5.69. The molecule has 4 nitrogen and oxygen atoms in total. The van der Waals surface area contributed by atoms with Gasteiger partial charge in [0.05, 0.1) is 18.4 Å². The lowest BCUT2D eigenvalue weighted by molar-refractivity contribution is 0.112. The molecular weight excluding hydrogens is 156 g/mol. The van der Waals surface area contributed by atoms with Gasteiger partial charge in [-0.3, -0.25) is 10.6 Å². The van der Waals surface area contributed by atoms with Crippen molar-refractivity contribution in [3.05, 3.63) is 23.8 Å². The van der Waals surface area contributed by atoms with Crippen molar-refractivity contribution in [2.75, 3.05) is 12.5 Å². The summed E-state index contributed by atoms with van der Waals surface area (Å²) < 4.78 is 4.95. The zero-order chi connectivity index (χ0) is 8.97. The van der Waals surface area contributed by atoms with Crippen molar-refractivity contribution < 1.29 is 9.53 Å². The predicted molar refractivity (Wildman–Crippen MR) is 46.2 cm³/mol. The number of aldehydes is 1. The number of anilines is 1. The Kier molecular flexibility index (Phi) is 2.66. The number of carbonyl (C=O) groups is 1. The van der Waals surface area contributed by atoms with Crippen LogP contribution in [0, 0.1) is 0 Å². The Morgan fingerprint density at radius 1 is 1.58 bits per heavy atom. The molecule has 0 bridgehead atoms. The highest BCUT2D eigenvalue weighted by atomic mass is 16.5. The van der Waals surface area contributed by atoms with Crippen LogP contribution in [-0.4, -0.2) is 13.4 Å².